The van der Waals surface area contributed by atoms with Crippen molar-refractivity contribution in [1.82, 2.24) is 9.88 Å². The van der Waals surface area contributed by atoms with Crippen LogP contribution in [0.15, 0.2) is 85.1 Å². The maximum atomic E-state index is 4.70. The van der Waals surface area contributed by atoms with Gasteiger partial charge in [-0.2, -0.15) is 0 Å². The molecule has 3 aromatic rings. The first-order chi connectivity index (χ1) is 12.4. The molecule has 124 valence electrons. The van der Waals surface area contributed by atoms with Crippen molar-refractivity contribution in [2.24, 2.45) is 0 Å². The lowest BCUT2D eigenvalue weighted by molar-refractivity contribution is 0.294. The molecule has 1 aliphatic rings. The molecule has 2 nitrogen and oxygen atoms in total. The highest BCUT2D eigenvalue weighted by Gasteiger charge is 2.14. The largest absolute Gasteiger partial charge is 0.295 e. The number of rotatable bonds is 4. The summed E-state index contributed by atoms with van der Waals surface area (Å²) in [6, 6.07) is 25.4. The van der Waals surface area contributed by atoms with Gasteiger partial charge in [-0.3, -0.25) is 9.88 Å². The van der Waals surface area contributed by atoms with Gasteiger partial charge >= 0.3 is 0 Å². The molecule has 0 bridgehead atoms. The molecule has 0 N–H and O–H groups in total. The predicted molar refractivity (Wildman–Crippen MR) is 104 cm³/mol. The highest BCUT2D eigenvalue weighted by molar-refractivity contribution is 5.67. The Balaban J connectivity index is 1.43. The molecule has 1 aromatic heterocycles. The van der Waals surface area contributed by atoms with Gasteiger partial charge in [0, 0.05) is 31.4 Å². The fourth-order valence-electron chi connectivity index (χ4n) is 3.31. The SMILES string of the molecule is C1=C(c2ccc(-c3ccccc3)cn2)CCN(Cc2ccccc2)C1. The van der Waals surface area contributed by atoms with Crippen LogP contribution in [0.4, 0.5) is 0 Å². The van der Waals surface area contributed by atoms with Crippen molar-refractivity contribution >= 4 is 5.57 Å². The summed E-state index contributed by atoms with van der Waals surface area (Å²) in [6.45, 7) is 3.10. The number of nitrogens with zero attached hydrogens (tertiary/aromatic N) is 2. The third-order valence-corrected chi connectivity index (χ3v) is 4.74. The van der Waals surface area contributed by atoms with Gasteiger partial charge in [-0.15, -0.1) is 0 Å². The molecule has 0 saturated carbocycles. The Labute approximate surface area is 149 Å². The lowest BCUT2D eigenvalue weighted by atomic mass is 10.0. The summed E-state index contributed by atoms with van der Waals surface area (Å²) < 4.78 is 0. The van der Waals surface area contributed by atoms with Crippen LogP contribution in [0.3, 0.4) is 0 Å². The molecule has 2 heterocycles. The van der Waals surface area contributed by atoms with E-state index in [1.165, 1.54) is 22.3 Å². The minimum atomic E-state index is 0.992. The lowest BCUT2D eigenvalue weighted by Gasteiger charge is -2.26. The predicted octanol–water partition coefficient (Wildman–Crippen LogP) is 5.04. The molecule has 1 aliphatic heterocycles. The van der Waals surface area contributed by atoms with Crippen LogP contribution in [0, 0.1) is 0 Å². The van der Waals surface area contributed by atoms with Crippen molar-refractivity contribution in [2.45, 2.75) is 13.0 Å². The first kappa shape index (κ1) is 15.8. The Morgan fingerprint density at radius 3 is 2.20 bits per heavy atom. The topological polar surface area (TPSA) is 16.1 Å². The molecular formula is C23H22N2. The van der Waals surface area contributed by atoms with Gasteiger partial charge in [0.2, 0.25) is 0 Å². The van der Waals surface area contributed by atoms with Gasteiger partial charge in [0.15, 0.2) is 0 Å². The Hall–Kier alpha value is -2.71. The standard InChI is InChI=1S/C23H22N2/c1-3-7-19(8-4-1)18-25-15-13-21(14-16-25)23-12-11-22(17-24-23)20-9-5-2-6-10-20/h1-13,17H,14-16,18H2. The third-order valence-electron chi connectivity index (χ3n) is 4.74. The minimum Gasteiger partial charge on any atom is -0.295 e. The average Bonchev–Trinajstić information content (AvgIpc) is 2.70. The molecule has 0 spiro atoms. The van der Waals surface area contributed by atoms with Crippen LogP contribution in [0.2, 0.25) is 0 Å². The van der Waals surface area contributed by atoms with Crippen LogP contribution < -0.4 is 0 Å². The Morgan fingerprint density at radius 2 is 1.56 bits per heavy atom. The third kappa shape index (κ3) is 3.86. The van der Waals surface area contributed by atoms with E-state index in [2.05, 4.69) is 77.7 Å². The molecule has 25 heavy (non-hydrogen) atoms. The van der Waals surface area contributed by atoms with Gasteiger partial charge in [-0.1, -0.05) is 72.8 Å². The van der Waals surface area contributed by atoms with Crippen molar-refractivity contribution < 1.29 is 0 Å². The van der Waals surface area contributed by atoms with E-state index in [4.69, 9.17) is 4.98 Å². The Bertz CT molecular complexity index is 836. The normalized spacial score (nSPS) is 15.0. The molecule has 2 heteroatoms. The van der Waals surface area contributed by atoms with Crippen LogP contribution in [-0.4, -0.2) is 23.0 Å². The summed E-state index contributed by atoms with van der Waals surface area (Å²) >= 11 is 0. The smallest absolute Gasteiger partial charge is 0.0659 e. The molecule has 0 atom stereocenters. The summed E-state index contributed by atoms with van der Waals surface area (Å²) in [4.78, 5) is 7.18. The van der Waals surface area contributed by atoms with Crippen LogP contribution in [0.5, 0.6) is 0 Å². The van der Waals surface area contributed by atoms with E-state index in [9.17, 15) is 0 Å². The maximum Gasteiger partial charge on any atom is 0.0659 e. The summed E-state index contributed by atoms with van der Waals surface area (Å²) in [7, 11) is 0. The van der Waals surface area contributed by atoms with Crippen molar-refractivity contribution in [3.05, 3.63) is 96.3 Å². The van der Waals surface area contributed by atoms with Crippen LogP contribution in [0.25, 0.3) is 16.7 Å². The Kier molecular flexibility index (Phi) is 4.71. The fraction of sp³-hybridized carbons (Fsp3) is 0.174. The van der Waals surface area contributed by atoms with Gasteiger partial charge in [-0.25, -0.2) is 0 Å². The number of benzene rings is 2. The van der Waals surface area contributed by atoms with Crippen LogP contribution >= 0.6 is 0 Å². The molecule has 0 unspecified atom stereocenters. The van der Waals surface area contributed by atoms with Crippen molar-refractivity contribution in [1.29, 1.82) is 0 Å². The zero-order valence-electron chi connectivity index (χ0n) is 14.3. The number of aromatic nitrogens is 1. The van der Waals surface area contributed by atoms with Gasteiger partial charge < -0.3 is 0 Å². The summed E-state index contributed by atoms with van der Waals surface area (Å²) in [5, 5.41) is 0. The fourth-order valence-corrected chi connectivity index (χ4v) is 3.31. The first-order valence-electron chi connectivity index (χ1n) is 8.86. The van der Waals surface area contributed by atoms with E-state index in [-0.39, 0.29) is 0 Å². The molecular weight excluding hydrogens is 304 g/mol. The second kappa shape index (κ2) is 7.45. The molecule has 0 saturated heterocycles. The molecule has 2 aromatic carbocycles. The highest BCUT2D eigenvalue weighted by Crippen LogP contribution is 2.24. The van der Waals surface area contributed by atoms with E-state index in [1.54, 1.807) is 0 Å². The van der Waals surface area contributed by atoms with Gasteiger partial charge in [0.05, 0.1) is 5.69 Å². The van der Waals surface area contributed by atoms with Crippen LogP contribution in [-0.2, 0) is 6.54 Å². The highest BCUT2D eigenvalue weighted by atomic mass is 15.1. The number of pyridine rings is 1. The number of hydrogen-bond donors (Lipinski definition) is 0. The van der Waals surface area contributed by atoms with Gasteiger partial charge in [-0.05, 0) is 29.2 Å². The molecule has 0 amide bonds. The first-order valence-corrected chi connectivity index (χ1v) is 8.86. The molecule has 4 rings (SSSR count). The molecule has 0 aliphatic carbocycles. The Morgan fingerprint density at radius 1 is 0.800 bits per heavy atom. The van der Waals surface area contributed by atoms with E-state index in [0.29, 0.717) is 0 Å². The summed E-state index contributed by atoms with van der Waals surface area (Å²) in [6.07, 6.45) is 5.38. The second-order valence-corrected chi connectivity index (χ2v) is 6.50. The lowest BCUT2D eigenvalue weighted by Crippen LogP contribution is -2.28. The number of hydrogen-bond acceptors (Lipinski definition) is 2. The van der Waals surface area contributed by atoms with E-state index in [1.807, 2.05) is 12.3 Å². The maximum absolute atomic E-state index is 4.70. The quantitative estimate of drug-likeness (QED) is 0.668. The average molecular weight is 326 g/mol. The van der Waals surface area contributed by atoms with Crippen LogP contribution in [0.1, 0.15) is 17.7 Å². The van der Waals surface area contributed by atoms with Gasteiger partial charge in [0.25, 0.3) is 0 Å². The zero-order chi connectivity index (χ0) is 16.9. The van der Waals surface area contributed by atoms with E-state index in [0.717, 1.165) is 31.7 Å². The summed E-state index contributed by atoms with van der Waals surface area (Å²) in [5.74, 6) is 0. The molecule has 0 fully saturated rings. The van der Waals surface area contributed by atoms with E-state index >= 15 is 0 Å². The van der Waals surface area contributed by atoms with Crippen molar-refractivity contribution in [3.8, 4) is 11.1 Å². The summed E-state index contributed by atoms with van der Waals surface area (Å²) in [5.41, 5.74) is 6.24. The minimum absolute atomic E-state index is 0.992. The van der Waals surface area contributed by atoms with Crippen molar-refractivity contribution in [2.75, 3.05) is 13.1 Å². The van der Waals surface area contributed by atoms with Gasteiger partial charge in [0.1, 0.15) is 0 Å². The zero-order valence-corrected chi connectivity index (χ0v) is 14.3. The monoisotopic (exact) mass is 326 g/mol. The van der Waals surface area contributed by atoms with E-state index < -0.39 is 0 Å². The second-order valence-electron chi connectivity index (χ2n) is 6.50. The van der Waals surface area contributed by atoms with Crippen molar-refractivity contribution in [3.63, 3.8) is 0 Å². The molecule has 0 radical (unpaired) electrons.